The summed E-state index contributed by atoms with van der Waals surface area (Å²) in [5.74, 6) is 0.611. The predicted molar refractivity (Wildman–Crippen MR) is 88.6 cm³/mol. The minimum absolute atomic E-state index is 0.00676. The van der Waals surface area contributed by atoms with Gasteiger partial charge in [-0.25, -0.2) is 0 Å². The van der Waals surface area contributed by atoms with Crippen molar-refractivity contribution in [2.45, 2.75) is 20.4 Å². The van der Waals surface area contributed by atoms with E-state index < -0.39 is 0 Å². The fraction of sp³-hybridized carbons (Fsp3) is 0.222. The summed E-state index contributed by atoms with van der Waals surface area (Å²) in [5.41, 5.74) is 4.05. The number of aryl methyl sites for hydroxylation is 1. The van der Waals surface area contributed by atoms with Gasteiger partial charge in [-0.2, -0.15) is 0 Å². The van der Waals surface area contributed by atoms with Crippen molar-refractivity contribution in [2.75, 3.05) is 12.4 Å². The fourth-order valence-electron chi connectivity index (χ4n) is 2.10. The highest BCUT2D eigenvalue weighted by atomic mass is 16.5. The molecule has 22 heavy (non-hydrogen) atoms. The monoisotopic (exact) mass is 299 g/mol. The van der Waals surface area contributed by atoms with Gasteiger partial charge in [0.05, 0.1) is 12.7 Å². The van der Waals surface area contributed by atoms with Crippen LogP contribution in [0.3, 0.4) is 0 Å². The molecule has 0 saturated heterocycles. The average Bonchev–Trinajstić information content (AvgIpc) is 2.55. The fourth-order valence-corrected chi connectivity index (χ4v) is 2.10. The number of methoxy groups -OCH3 is 1. The summed E-state index contributed by atoms with van der Waals surface area (Å²) in [6, 6.07) is 13.8. The van der Waals surface area contributed by atoms with Gasteiger partial charge in [-0.1, -0.05) is 24.3 Å². The minimum Gasteiger partial charge on any atom is -0.496 e. The van der Waals surface area contributed by atoms with Crippen molar-refractivity contribution in [1.29, 1.82) is 0 Å². The molecule has 0 saturated carbocycles. The van der Waals surface area contributed by atoms with E-state index in [4.69, 9.17) is 9.53 Å². The highest BCUT2D eigenvalue weighted by Crippen LogP contribution is 2.24. The number of anilines is 1. The minimum atomic E-state index is 0.00676. The smallest absolute Gasteiger partial charge is 0.163 e. The van der Waals surface area contributed by atoms with Gasteiger partial charge in [-0.15, -0.1) is 0 Å². The van der Waals surface area contributed by atoms with Gasteiger partial charge >= 0.3 is 0 Å². The Morgan fingerprint density at radius 1 is 1.18 bits per heavy atom. The molecule has 0 aliphatic rings. The number of nitrogens with one attached hydrogen (secondary N) is 1. The normalized spacial score (nSPS) is 9.41. The molecule has 2 aromatic carbocycles. The van der Waals surface area contributed by atoms with Gasteiger partial charge in [0.2, 0.25) is 0 Å². The lowest BCUT2D eigenvalue weighted by molar-refractivity contribution is -0.0980. The van der Waals surface area contributed by atoms with E-state index in [1.54, 1.807) is 13.2 Å². The lowest BCUT2D eigenvalue weighted by atomic mass is 10.1. The molecule has 0 spiro atoms. The number of rotatable bonds is 5. The average molecular weight is 299 g/mol. The maximum absolute atomic E-state index is 11.5. The predicted octanol–water partition coefficient (Wildman–Crippen LogP) is 3.63. The molecule has 0 aliphatic carbocycles. The van der Waals surface area contributed by atoms with Gasteiger partial charge in [0, 0.05) is 18.3 Å². The van der Waals surface area contributed by atoms with E-state index in [2.05, 4.69) is 24.4 Å². The summed E-state index contributed by atoms with van der Waals surface area (Å²) in [6.07, 6.45) is 0. The third kappa shape index (κ3) is 4.45. The zero-order valence-corrected chi connectivity index (χ0v) is 13.2. The Morgan fingerprint density at radius 2 is 1.86 bits per heavy atom. The topological polar surface area (TPSA) is 55.4 Å². The van der Waals surface area contributed by atoms with E-state index in [1.165, 1.54) is 18.1 Å². The van der Waals surface area contributed by atoms with Gasteiger partial charge < -0.3 is 14.8 Å². The number of Topliss-reactive ketones (excluding diaryl/α,β-unsaturated/α-hetero) is 1. The molecule has 2 aromatic rings. The van der Waals surface area contributed by atoms with Crippen LogP contribution >= 0.6 is 0 Å². The van der Waals surface area contributed by atoms with Gasteiger partial charge in [0.1, 0.15) is 12.5 Å². The van der Waals surface area contributed by atoms with Crippen molar-refractivity contribution < 1.29 is 14.3 Å². The van der Waals surface area contributed by atoms with Crippen LogP contribution in [0.25, 0.3) is 0 Å². The molecule has 1 N–H and O–H groups in total. The van der Waals surface area contributed by atoms with E-state index in [0.29, 0.717) is 11.3 Å². The second kappa shape index (κ2) is 8.62. The molecule has 0 unspecified atom stereocenters. The molecule has 4 nitrogen and oxygen atoms in total. The van der Waals surface area contributed by atoms with Crippen LogP contribution in [-0.2, 0) is 11.3 Å². The largest absolute Gasteiger partial charge is 0.496 e. The molecule has 2 rings (SSSR count). The third-order valence-corrected chi connectivity index (χ3v) is 3.33. The first kappa shape index (κ1) is 17.4. The molecule has 4 heteroatoms. The third-order valence-electron chi connectivity index (χ3n) is 3.33. The summed E-state index contributed by atoms with van der Waals surface area (Å²) < 4.78 is 5.26. The molecule has 0 bridgehead atoms. The van der Waals surface area contributed by atoms with Crippen LogP contribution in [0, 0.1) is 6.92 Å². The molecule has 0 atom stereocenters. The summed E-state index contributed by atoms with van der Waals surface area (Å²) in [6.45, 7) is 6.38. The van der Waals surface area contributed by atoms with Crippen molar-refractivity contribution in [3.05, 3.63) is 59.2 Å². The zero-order valence-electron chi connectivity index (χ0n) is 13.2. The zero-order chi connectivity index (χ0) is 16.5. The second-order valence-electron chi connectivity index (χ2n) is 4.75. The molecular formula is C18H21NO3. The Hall–Kier alpha value is -2.62. The second-order valence-corrected chi connectivity index (χ2v) is 4.75. The van der Waals surface area contributed by atoms with Crippen LogP contribution in [0.5, 0.6) is 5.75 Å². The molecule has 116 valence electrons. The van der Waals surface area contributed by atoms with Gasteiger partial charge in [0.25, 0.3) is 0 Å². The van der Waals surface area contributed by atoms with E-state index in [-0.39, 0.29) is 5.78 Å². The van der Waals surface area contributed by atoms with Crippen molar-refractivity contribution in [3.63, 3.8) is 0 Å². The number of ketones is 1. The highest BCUT2D eigenvalue weighted by Gasteiger charge is 2.08. The Labute approximate surface area is 131 Å². The molecule has 0 aliphatic heterocycles. The Morgan fingerprint density at radius 3 is 2.45 bits per heavy atom. The van der Waals surface area contributed by atoms with Crippen molar-refractivity contribution in [1.82, 2.24) is 0 Å². The van der Waals surface area contributed by atoms with Crippen LogP contribution in [0.15, 0.2) is 42.5 Å². The summed E-state index contributed by atoms with van der Waals surface area (Å²) in [7, 11) is 1.58. The Kier molecular flexibility index (Phi) is 6.83. The lowest BCUT2D eigenvalue weighted by Gasteiger charge is -2.12. The quantitative estimate of drug-likeness (QED) is 0.857. The first-order valence-corrected chi connectivity index (χ1v) is 6.88. The molecule has 0 fully saturated rings. The molecular weight excluding hydrogens is 278 g/mol. The lowest BCUT2D eigenvalue weighted by Crippen LogP contribution is -2.03. The van der Waals surface area contributed by atoms with E-state index in [0.717, 1.165) is 12.2 Å². The first-order chi connectivity index (χ1) is 10.6. The highest BCUT2D eigenvalue weighted by molar-refractivity contribution is 5.97. The Balaban J connectivity index is 0.00000116. The molecule has 0 radical (unpaired) electrons. The summed E-state index contributed by atoms with van der Waals surface area (Å²) in [4.78, 5) is 19.5. The number of hydrogen-bond donors (Lipinski definition) is 1. The number of hydrogen-bond acceptors (Lipinski definition) is 4. The molecule has 0 amide bonds. The number of benzene rings is 2. The SMILES string of the molecule is C=O.COc1cc(NCc2ccccc2C)ccc1C(C)=O. The first-order valence-electron chi connectivity index (χ1n) is 6.88. The van der Waals surface area contributed by atoms with Crippen LogP contribution in [0.2, 0.25) is 0 Å². The number of ether oxygens (including phenoxy) is 1. The maximum Gasteiger partial charge on any atom is 0.163 e. The van der Waals surface area contributed by atoms with Crippen molar-refractivity contribution in [2.24, 2.45) is 0 Å². The number of carbonyl (C=O) groups excluding carboxylic acids is 2. The van der Waals surface area contributed by atoms with Crippen molar-refractivity contribution >= 4 is 18.3 Å². The standard InChI is InChI=1S/C17H19NO2.CH2O/c1-12-6-4-5-7-14(12)11-18-15-8-9-16(13(2)19)17(10-15)20-3;1-2/h4-10,18H,11H2,1-3H3;1H2. The maximum atomic E-state index is 11.5. The van der Waals surface area contributed by atoms with Gasteiger partial charge in [-0.3, -0.25) is 4.79 Å². The van der Waals surface area contributed by atoms with E-state index >= 15 is 0 Å². The summed E-state index contributed by atoms with van der Waals surface area (Å²) in [5, 5.41) is 3.35. The number of carbonyl (C=O) groups is 2. The Bertz CT molecular complexity index is 638. The summed E-state index contributed by atoms with van der Waals surface area (Å²) >= 11 is 0. The molecule has 0 heterocycles. The van der Waals surface area contributed by atoms with Crippen LogP contribution < -0.4 is 10.1 Å². The van der Waals surface area contributed by atoms with Gasteiger partial charge in [0.15, 0.2) is 5.78 Å². The van der Waals surface area contributed by atoms with Crippen molar-refractivity contribution in [3.8, 4) is 5.75 Å². The molecule has 0 aromatic heterocycles. The van der Waals surface area contributed by atoms with Crippen LogP contribution in [0.1, 0.15) is 28.4 Å². The van der Waals surface area contributed by atoms with E-state index in [9.17, 15) is 4.79 Å². The van der Waals surface area contributed by atoms with E-state index in [1.807, 2.05) is 31.1 Å². The van der Waals surface area contributed by atoms with Crippen LogP contribution in [0.4, 0.5) is 5.69 Å². The van der Waals surface area contributed by atoms with Crippen LogP contribution in [-0.4, -0.2) is 19.7 Å². The van der Waals surface area contributed by atoms with Gasteiger partial charge in [-0.05, 0) is 37.1 Å².